The molecule has 1 aromatic carbocycles. The average molecular weight is 278 g/mol. The van der Waals surface area contributed by atoms with Gasteiger partial charge in [0.05, 0.1) is 17.7 Å². The molecule has 0 saturated heterocycles. The number of carbonyl (C=O) groups excluding carboxylic acids is 1. The van der Waals surface area contributed by atoms with E-state index in [4.69, 9.17) is 11.6 Å². The fourth-order valence-electron chi connectivity index (χ4n) is 1.18. The molecule has 1 aromatic rings. The Bertz CT molecular complexity index is 363. The predicted octanol–water partition coefficient (Wildman–Crippen LogP) is 3.33. The lowest BCUT2D eigenvalue weighted by Gasteiger charge is -2.07. The average Bonchev–Trinajstić information content (AvgIpc) is 2.20. The van der Waals surface area contributed by atoms with Gasteiger partial charge in [0.25, 0.3) is 0 Å². The van der Waals surface area contributed by atoms with E-state index in [1.807, 2.05) is 13.0 Å². The molecule has 0 amide bonds. The van der Waals surface area contributed by atoms with Gasteiger partial charge in [-0.3, -0.25) is 0 Å². The molecule has 0 spiro atoms. The van der Waals surface area contributed by atoms with Crippen LogP contribution in [0.1, 0.15) is 21.5 Å². The van der Waals surface area contributed by atoms with Gasteiger partial charge in [0.1, 0.15) is 0 Å². The van der Waals surface area contributed by atoms with Crippen LogP contribution in [-0.4, -0.2) is 13.1 Å². The van der Waals surface area contributed by atoms with Crippen molar-refractivity contribution >= 4 is 33.5 Å². The summed E-state index contributed by atoms with van der Waals surface area (Å²) in [6.07, 6.45) is 0. The second-order valence-electron chi connectivity index (χ2n) is 2.90. The van der Waals surface area contributed by atoms with Gasteiger partial charge in [-0.05, 0) is 24.1 Å². The van der Waals surface area contributed by atoms with Crippen molar-refractivity contribution < 1.29 is 9.53 Å². The summed E-state index contributed by atoms with van der Waals surface area (Å²) in [5.74, 6) is -0.402. The zero-order valence-corrected chi connectivity index (χ0v) is 10.3. The number of esters is 1. The Kier molecular flexibility index (Phi) is 3.96. The molecular formula is C10H10BrClO2. The van der Waals surface area contributed by atoms with Gasteiger partial charge >= 0.3 is 5.97 Å². The highest BCUT2D eigenvalue weighted by atomic mass is 79.9. The first kappa shape index (κ1) is 11.5. The highest BCUT2D eigenvalue weighted by molar-refractivity contribution is 9.08. The van der Waals surface area contributed by atoms with Crippen LogP contribution in [0.15, 0.2) is 12.1 Å². The Morgan fingerprint density at radius 3 is 2.71 bits per heavy atom. The summed E-state index contributed by atoms with van der Waals surface area (Å²) < 4.78 is 4.63. The summed E-state index contributed by atoms with van der Waals surface area (Å²) in [4.78, 5) is 11.3. The minimum atomic E-state index is -0.402. The van der Waals surface area contributed by atoms with Crippen molar-refractivity contribution in [2.75, 3.05) is 7.11 Å². The van der Waals surface area contributed by atoms with Crippen LogP contribution in [-0.2, 0) is 10.1 Å². The lowest BCUT2D eigenvalue weighted by Crippen LogP contribution is -2.04. The van der Waals surface area contributed by atoms with Crippen LogP contribution in [0.25, 0.3) is 0 Å². The van der Waals surface area contributed by atoms with Crippen molar-refractivity contribution in [2.45, 2.75) is 12.3 Å². The van der Waals surface area contributed by atoms with Crippen LogP contribution < -0.4 is 0 Å². The Hall–Kier alpha value is -0.540. The van der Waals surface area contributed by atoms with Crippen molar-refractivity contribution in [3.63, 3.8) is 0 Å². The van der Waals surface area contributed by atoms with E-state index in [1.165, 1.54) is 7.11 Å². The zero-order chi connectivity index (χ0) is 10.7. The highest BCUT2D eigenvalue weighted by Gasteiger charge is 2.13. The Morgan fingerprint density at radius 1 is 1.57 bits per heavy atom. The van der Waals surface area contributed by atoms with Crippen molar-refractivity contribution in [1.29, 1.82) is 0 Å². The maximum atomic E-state index is 11.3. The number of carbonyl (C=O) groups is 1. The van der Waals surface area contributed by atoms with Crippen LogP contribution in [0.3, 0.4) is 0 Å². The molecule has 0 N–H and O–H groups in total. The summed E-state index contributed by atoms with van der Waals surface area (Å²) in [6.45, 7) is 1.86. The molecule has 0 aromatic heterocycles. The molecule has 0 heterocycles. The molecule has 0 unspecified atom stereocenters. The van der Waals surface area contributed by atoms with Gasteiger partial charge in [0.2, 0.25) is 0 Å². The normalized spacial score (nSPS) is 10.0. The van der Waals surface area contributed by atoms with E-state index in [1.54, 1.807) is 6.07 Å². The van der Waals surface area contributed by atoms with Crippen molar-refractivity contribution in [1.82, 2.24) is 0 Å². The van der Waals surface area contributed by atoms with Crippen molar-refractivity contribution in [3.8, 4) is 0 Å². The first-order chi connectivity index (χ1) is 6.60. The Balaban J connectivity index is 3.27. The minimum absolute atomic E-state index is 0.402. The van der Waals surface area contributed by atoms with Crippen LogP contribution >= 0.6 is 27.5 Å². The summed E-state index contributed by atoms with van der Waals surface area (Å²) in [7, 11) is 1.34. The van der Waals surface area contributed by atoms with Gasteiger partial charge in [0.15, 0.2) is 0 Å². The predicted molar refractivity (Wildman–Crippen MR) is 60.2 cm³/mol. The third-order valence-corrected chi connectivity index (χ3v) is 3.02. The molecule has 0 saturated carbocycles. The zero-order valence-electron chi connectivity index (χ0n) is 7.93. The summed E-state index contributed by atoms with van der Waals surface area (Å²) in [6, 6.07) is 3.67. The van der Waals surface area contributed by atoms with Crippen LogP contribution in [0, 0.1) is 6.92 Å². The smallest absolute Gasteiger partial charge is 0.339 e. The molecule has 0 fully saturated rings. The lowest BCUT2D eigenvalue weighted by molar-refractivity contribution is 0.0600. The van der Waals surface area contributed by atoms with Gasteiger partial charge in [-0.1, -0.05) is 33.6 Å². The number of methoxy groups -OCH3 is 1. The number of halogens is 2. The number of benzene rings is 1. The Labute approximate surface area is 96.3 Å². The second kappa shape index (κ2) is 4.80. The van der Waals surface area contributed by atoms with Gasteiger partial charge in [-0.15, -0.1) is 0 Å². The molecule has 4 heteroatoms. The molecule has 0 aliphatic carbocycles. The van der Waals surface area contributed by atoms with Crippen LogP contribution in [0.2, 0.25) is 5.02 Å². The van der Waals surface area contributed by atoms with E-state index in [0.717, 1.165) is 11.1 Å². The molecular weight excluding hydrogens is 267 g/mol. The molecule has 76 valence electrons. The summed E-state index contributed by atoms with van der Waals surface area (Å²) in [5.41, 5.74) is 2.31. The fraction of sp³-hybridized carbons (Fsp3) is 0.300. The number of aryl methyl sites for hydroxylation is 1. The summed E-state index contributed by atoms with van der Waals surface area (Å²) >= 11 is 9.31. The topological polar surface area (TPSA) is 26.3 Å². The second-order valence-corrected chi connectivity index (χ2v) is 3.84. The largest absolute Gasteiger partial charge is 0.465 e. The number of hydrogen-bond donors (Lipinski definition) is 0. The number of ether oxygens (including phenoxy) is 1. The number of alkyl halides is 1. The molecule has 2 nitrogen and oxygen atoms in total. The first-order valence-corrected chi connectivity index (χ1v) is 5.53. The summed E-state index contributed by atoms with van der Waals surface area (Å²) in [5, 5.41) is 1.15. The molecule has 0 aliphatic rings. The van der Waals surface area contributed by atoms with E-state index in [2.05, 4.69) is 20.7 Å². The quantitative estimate of drug-likeness (QED) is 0.612. The SMILES string of the molecule is COC(=O)c1cc(CBr)cc(C)c1Cl. The van der Waals surface area contributed by atoms with Gasteiger partial charge in [-0.2, -0.15) is 0 Å². The third kappa shape index (κ3) is 2.28. The number of hydrogen-bond acceptors (Lipinski definition) is 2. The van der Waals surface area contributed by atoms with E-state index < -0.39 is 5.97 Å². The van der Waals surface area contributed by atoms with Gasteiger partial charge in [0, 0.05) is 5.33 Å². The van der Waals surface area contributed by atoms with Crippen LogP contribution in [0.5, 0.6) is 0 Å². The minimum Gasteiger partial charge on any atom is -0.465 e. The van der Waals surface area contributed by atoms with E-state index >= 15 is 0 Å². The molecule has 0 bridgehead atoms. The van der Waals surface area contributed by atoms with Crippen molar-refractivity contribution in [2.24, 2.45) is 0 Å². The lowest BCUT2D eigenvalue weighted by atomic mass is 10.1. The van der Waals surface area contributed by atoms with E-state index in [-0.39, 0.29) is 0 Å². The van der Waals surface area contributed by atoms with E-state index in [9.17, 15) is 4.79 Å². The van der Waals surface area contributed by atoms with Crippen LogP contribution in [0.4, 0.5) is 0 Å². The van der Waals surface area contributed by atoms with E-state index in [0.29, 0.717) is 15.9 Å². The standard InChI is InChI=1S/C10H10BrClO2/c1-6-3-7(5-11)4-8(9(6)12)10(13)14-2/h3-4H,5H2,1-2H3. The van der Waals surface area contributed by atoms with Gasteiger partial charge < -0.3 is 4.74 Å². The fourth-order valence-corrected chi connectivity index (χ4v) is 1.69. The van der Waals surface area contributed by atoms with Crippen molar-refractivity contribution in [3.05, 3.63) is 33.8 Å². The van der Waals surface area contributed by atoms with Gasteiger partial charge in [-0.25, -0.2) is 4.79 Å². The first-order valence-electron chi connectivity index (χ1n) is 4.03. The Morgan fingerprint density at radius 2 is 2.21 bits per heavy atom. The third-order valence-electron chi connectivity index (χ3n) is 1.87. The highest BCUT2D eigenvalue weighted by Crippen LogP contribution is 2.24. The molecule has 0 radical (unpaired) electrons. The molecule has 1 rings (SSSR count). The monoisotopic (exact) mass is 276 g/mol. The molecule has 14 heavy (non-hydrogen) atoms. The molecule has 0 atom stereocenters. The number of rotatable bonds is 2. The molecule has 0 aliphatic heterocycles. The maximum absolute atomic E-state index is 11.3. The maximum Gasteiger partial charge on any atom is 0.339 e.